The normalized spacial score (nSPS) is 26.1. The van der Waals surface area contributed by atoms with Gasteiger partial charge in [0.25, 0.3) is 0 Å². The number of nitrogens with zero attached hydrogens (tertiary/aromatic N) is 1. The minimum Gasteiger partial charge on any atom is -0.481 e. The molecule has 1 aliphatic rings. The van der Waals surface area contributed by atoms with Crippen LogP contribution in [0.4, 0.5) is 0 Å². The van der Waals surface area contributed by atoms with Gasteiger partial charge in [-0.1, -0.05) is 6.58 Å². The molecule has 15 heavy (non-hydrogen) atoms. The van der Waals surface area contributed by atoms with E-state index in [1.54, 1.807) is 0 Å². The zero-order valence-electron chi connectivity index (χ0n) is 8.68. The van der Waals surface area contributed by atoms with E-state index in [0.29, 0.717) is 13.0 Å². The average molecular weight is 213 g/mol. The van der Waals surface area contributed by atoms with E-state index in [4.69, 9.17) is 9.84 Å². The van der Waals surface area contributed by atoms with Crippen LogP contribution in [0.5, 0.6) is 0 Å². The van der Waals surface area contributed by atoms with Crippen LogP contribution in [-0.4, -0.2) is 48.2 Å². The summed E-state index contributed by atoms with van der Waals surface area (Å²) in [6.45, 7) is 4.09. The minimum absolute atomic E-state index is 0.193. The molecule has 1 aliphatic heterocycles. The van der Waals surface area contributed by atoms with Gasteiger partial charge in [0.1, 0.15) is 5.92 Å². The molecule has 1 N–H and O–H groups in total. The third kappa shape index (κ3) is 2.56. The number of methoxy groups -OCH3 is 1. The van der Waals surface area contributed by atoms with Crippen molar-refractivity contribution in [3.63, 3.8) is 0 Å². The first kappa shape index (κ1) is 11.7. The molecule has 0 aromatic carbocycles. The molecular weight excluding hydrogens is 198 g/mol. The number of likely N-dealkylation sites (tertiary alicyclic amines) is 1. The summed E-state index contributed by atoms with van der Waals surface area (Å²) in [7, 11) is 1.49. The fourth-order valence-electron chi connectivity index (χ4n) is 1.78. The van der Waals surface area contributed by atoms with Gasteiger partial charge in [0, 0.05) is 20.2 Å². The molecule has 1 saturated heterocycles. The predicted molar refractivity (Wildman–Crippen MR) is 53.3 cm³/mol. The van der Waals surface area contributed by atoms with Gasteiger partial charge in [-0.2, -0.15) is 0 Å². The zero-order chi connectivity index (χ0) is 11.4. The second kappa shape index (κ2) is 4.93. The van der Waals surface area contributed by atoms with Crippen molar-refractivity contribution in [1.29, 1.82) is 0 Å². The van der Waals surface area contributed by atoms with E-state index >= 15 is 0 Å². The van der Waals surface area contributed by atoms with Crippen LogP contribution in [0.2, 0.25) is 0 Å². The summed E-state index contributed by atoms with van der Waals surface area (Å²) in [6.07, 6.45) is 1.44. The van der Waals surface area contributed by atoms with Gasteiger partial charge in [-0.3, -0.25) is 9.59 Å². The van der Waals surface area contributed by atoms with E-state index in [1.165, 1.54) is 18.1 Å². The average Bonchev–Trinajstić information content (AvgIpc) is 2.27. The number of hydrogen-bond acceptors (Lipinski definition) is 3. The fraction of sp³-hybridized carbons (Fsp3) is 0.600. The fourth-order valence-corrected chi connectivity index (χ4v) is 1.78. The maximum absolute atomic E-state index is 11.3. The summed E-state index contributed by atoms with van der Waals surface area (Å²) in [6, 6.07) is 0. The Labute approximate surface area is 88.3 Å². The Hall–Kier alpha value is -1.36. The highest BCUT2D eigenvalue weighted by molar-refractivity contribution is 5.87. The van der Waals surface area contributed by atoms with Crippen LogP contribution in [0.3, 0.4) is 0 Å². The van der Waals surface area contributed by atoms with Gasteiger partial charge in [-0.05, 0) is 12.5 Å². The Morgan fingerprint density at radius 3 is 2.73 bits per heavy atom. The topological polar surface area (TPSA) is 66.8 Å². The molecule has 0 aromatic rings. The maximum atomic E-state index is 11.3. The number of carboxylic acid groups (broad SMARTS) is 1. The standard InChI is InChI=1S/C10H15NO4/c1-3-9(12)11-5-4-8(15-2)7(6-11)10(13)14/h3,7-8H,1,4-6H2,2H3,(H,13,14). The molecular formula is C10H15NO4. The second-order valence-electron chi connectivity index (χ2n) is 3.50. The first-order valence-electron chi connectivity index (χ1n) is 4.77. The molecule has 0 spiro atoms. The van der Waals surface area contributed by atoms with Crippen molar-refractivity contribution >= 4 is 11.9 Å². The number of amides is 1. The summed E-state index contributed by atoms with van der Waals surface area (Å²) >= 11 is 0. The highest BCUT2D eigenvalue weighted by atomic mass is 16.5. The van der Waals surface area contributed by atoms with Crippen molar-refractivity contribution in [3.8, 4) is 0 Å². The van der Waals surface area contributed by atoms with E-state index in [9.17, 15) is 9.59 Å². The summed E-state index contributed by atoms with van der Waals surface area (Å²) in [5.74, 6) is -1.80. The molecule has 5 nitrogen and oxygen atoms in total. The lowest BCUT2D eigenvalue weighted by molar-refractivity contribution is -0.152. The van der Waals surface area contributed by atoms with Crippen molar-refractivity contribution in [1.82, 2.24) is 4.90 Å². The van der Waals surface area contributed by atoms with Crippen LogP contribution in [0.15, 0.2) is 12.7 Å². The summed E-state index contributed by atoms with van der Waals surface area (Å²) in [5.41, 5.74) is 0. The van der Waals surface area contributed by atoms with Crippen LogP contribution in [0.1, 0.15) is 6.42 Å². The Kier molecular flexibility index (Phi) is 3.85. The third-order valence-electron chi connectivity index (χ3n) is 2.66. The van der Waals surface area contributed by atoms with Crippen molar-refractivity contribution < 1.29 is 19.4 Å². The van der Waals surface area contributed by atoms with Crippen molar-refractivity contribution in [2.45, 2.75) is 12.5 Å². The maximum Gasteiger partial charge on any atom is 0.310 e. The molecule has 0 saturated carbocycles. The van der Waals surface area contributed by atoms with Gasteiger partial charge < -0.3 is 14.7 Å². The van der Waals surface area contributed by atoms with E-state index in [1.807, 2.05) is 0 Å². The van der Waals surface area contributed by atoms with Gasteiger partial charge >= 0.3 is 5.97 Å². The van der Waals surface area contributed by atoms with E-state index in [0.717, 1.165) is 0 Å². The molecule has 1 amide bonds. The molecule has 2 atom stereocenters. The largest absolute Gasteiger partial charge is 0.481 e. The van der Waals surface area contributed by atoms with Crippen LogP contribution >= 0.6 is 0 Å². The summed E-state index contributed by atoms with van der Waals surface area (Å²) in [5, 5.41) is 8.97. The Bertz CT molecular complexity index is 277. The number of hydrogen-bond donors (Lipinski definition) is 1. The molecule has 1 rings (SSSR count). The number of carbonyl (C=O) groups is 2. The molecule has 0 radical (unpaired) electrons. The number of ether oxygens (including phenoxy) is 1. The zero-order valence-corrected chi connectivity index (χ0v) is 8.68. The van der Waals surface area contributed by atoms with Gasteiger partial charge in [0.05, 0.1) is 6.10 Å². The number of rotatable bonds is 3. The summed E-state index contributed by atoms with van der Waals surface area (Å²) < 4.78 is 5.08. The number of piperidine rings is 1. The quantitative estimate of drug-likeness (QED) is 0.676. The van der Waals surface area contributed by atoms with Crippen LogP contribution in [0.25, 0.3) is 0 Å². The molecule has 84 valence electrons. The number of aliphatic carboxylic acids is 1. The van der Waals surface area contributed by atoms with E-state index in [-0.39, 0.29) is 18.6 Å². The molecule has 0 aliphatic carbocycles. The SMILES string of the molecule is C=CC(=O)N1CCC(OC)C(C(=O)O)C1. The smallest absolute Gasteiger partial charge is 0.310 e. The first-order chi connectivity index (χ1) is 7.10. The molecule has 1 heterocycles. The van der Waals surface area contributed by atoms with E-state index in [2.05, 4.69) is 6.58 Å². The number of carbonyl (C=O) groups excluding carboxylic acids is 1. The van der Waals surface area contributed by atoms with Gasteiger partial charge in [0.15, 0.2) is 0 Å². The summed E-state index contributed by atoms with van der Waals surface area (Å²) in [4.78, 5) is 23.7. The van der Waals surface area contributed by atoms with Crippen molar-refractivity contribution in [2.24, 2.45) is 5.92 Å². The van der Waals surface area contributed by atoms with E-state index < -0.39 is 11.9 Å². The van der Waals surface area contributed by atoms with Gasteiger partial charge in [0.2, 0.25) is 5.91 Å². The molecule has 0 bridgehead atoms. The Morgan fingerprint density at radius 1 is 1.60 bits per heavy atom. The molecule has 5 heteroatoms. The first-order valence-corrected chi connectivity index (χ1v) is 4.77. The third-order valence-corrected chi connectivity index (χ3v) is 2.66. The van der Waals surface area contributed by atoms with Crippen LogP contribution in [-0.2, 0) is 14.3 Å². The lowest BCUT2D eigenvalue weighted by atomic mass is 9.94. The highest BCUT2D eigenvalue weighted by Gasteiger charge is 2.35. The van der Waals surface area contributed by atoms with Gasteiger partial charge in [-0.25, -0.2) is 0 Å². The molecule has 1 fully saturated rings. The number of carboxylic acids is 1. The minimum atomic E-state index is -0.927. The molecule has 2 unspecified atom stereocenters. The Balaban J connectivity index is 2.69. The van der Waals surface area contributed by atoms with Crippen LogP contribution < -0.4 is 0 Å². The lowest BCUT2D eigenvalue weighted by Crippen LogP contribution is -2.48. The van der Waals surface area contributed by atoms with Crippen molar-refractivity contribution in [2.75, 3.05) is 20.2 Å². The predicted octanol–water partition coefficient (Wildman–Crippen LogP) is 0.120. The highest BCUT2D eigenvalue weighted by Crippen LogP contribution is 2.20. The van der Waals surface area contributed by atoms with Crippen molar-refractivity contribution in [3.05, 3.63) is 12.7 Å². The lowest BCUT2D eigenvalue weighted by Gasteiger charge is -2.35. The second-order valence-corrected chi connectivity index (χ2v) is 3.50. The van der Waals surface area contributed by atoms with Crippen LogP contribution in [0, 0.1) is 5.92 Å². The molecule has 0 aromatic heterocycles. The van der Waals surface area contributed by atoms with Gasteiger partial charge in [-0.15, -0.1) is 0 Å². The Morgan fingerprint density at radius 2 is 2.27 bits per heavy atom. The monoisotopic (exact) mass is 213 g/mol.